The first kappa shape index (κ1) is 23.5. The summed E-state index contributed by atoms with van der Waals surface area (Å²) < 4.78 is 32.8. The Hall–Kier alpha value is -3.69. The number of sulfonamides is 1. The first-order valence-corrected chi connectivity index (χ1v) is 12.4. The summed E-state index contributed by atoms with van der Waals surface area (Å²) in [5.74, 6) is 0.344. The second kappa shape index (κ2) is 10.1. The lowest BCUT2D eigenvalue weighted by Crippen LogP contribution is -2.32. The van der Waals surface area contributed by atoms with Gasteiger partial charge in [-0.3, -0.25) is 14.4 Å². The number of thiocarbonyl (C=S) groups is 1. The van der Waals surface area contributed by atoms with E-state index >= 15 is 0 Å². The molecule has 9 heteroatoms. The van der Waals surface area contributed by atoms with E-state index in [1.165, 1.54) is 22.5 Å². The van der Waals surface area contributed by atoms with Gasteiger partial charge in [-0.15, -0.1) is 0 Å². The number of hydrogen-bond acceptors (Lipinski definition) is 5. The van der Waals surface area contributed by atoms with Crippen LogP contribution in [-0.4, -0.2) is 33.1 Å². The average Bonchev–Trinajstić information content (AvgIpc) is 3.28. The molecular weight excluding hydrogens is 470 g/mol. The van der Waals surface area contributed by atoms with Crippen LogP contribution in [0, 0.1) is 0 Å². The average molecular weight is 494 g/mol. The Morgan fingerprint density at radius 1 is 1.03 bits per heavy atom. The third kappa shape index (κ3) is 5.27. The minimum Gasteiger partial charge on any atom is -0.497 e. The number of rotatable bonds is 6. The molecule has 7 nitrogen and oxygen atoms in total. The zero-order valence-electron chi connectivity index (χ0n) is 18.4. The molecule has 0 unspecified atom stereocenters. The summed E-state index contributed by atoms with van der Waals surface area (Å²) in [7, 11) is -2.08. The number of anilines is 2. The van der Waals surface area contributed by atoms with Crippen molar-refractivity contribution in [3.05, 3.63) is 90.0 Å². The molecule has 0 fully saturated rings. The van der Waals surface area contributed by atoms with Crippen LogP contribution in [0.1, 0.15) is 11.1 Å². The predicted molar refractivity (Wildman–Crippen MR) is 138 cm³/mol. The van der Waals surface area contributed by atoms with Crippen molar-refractivity contribution < 1.29 is 17.9 Å². The molecule has 174 valence electrons. The van der Waals surface area contributed by atoms with E-state index in [2.05, 4.69) is 10.6 Å². The fourth-order valence-corrected chi connectivity index (χ4v) is 5.32. The molecule has 0 radical (unpaired) electrons. The number of para-hydroxylation sites is 1. The molecule has 0 saturated heterocycles. The van der Waals surface area contributed by atoms with Crippen LogP contribution in [0.4, 0.5) is 11.4 Å². The van der Waals surface area contributed by atoms with E-state index in [0.717, 1.165) is 22.6 Å². The van der Waals surface area contributed by atoms with Gasteiger partial charge in [0.2, 0.25) is 5.91 Å². The predicted octanol–water partition coefficient (Wildman–Crippen LogP) is 3.97. The fraction of sp³-hybridized carbons (Fsp3) is 0.120. The molecule has 0 atom stereocenters. The van der Waals surface area contributed by atoms with Gasteiger partial charge in [0.05, 0.1) is 17.7 Å². The number of benzene rings is 3. The van der Waals surface area contributed by atoms with Crippen LogP contribution in [-0.2, 0) is 21.2 Å². The van der Waals surface area contributed by atoms with Gasteiger partial charge in [-0.2, -0.15) is 0 Å². The number of carbonyl (C=O) groups is 1. The van der Waals surface area contributed by atoms with Crippen LogP contribution in [0.5, 0.6) is 5.75 Å². The van der Waals surface area contributed by atoms with Gasteiger partial charge in [0.1, 0.15) is 5.75 Å². The Kier molecular flexibility index (Phi) is 6.95. The van der Waals surface area contributed by atoms with Crippen LogP contribution in [0.15, 0.2) is 83.8 Å². The Bertz CT molecular complexity index is 1340. The molecule has 1 amide bonds. The fourth-order valence-electron chi connectivity index (χ4n) is 3.60. The van der Waals surface area contributed by atoms with E-state index in [1.54, 1.807) is 37.5 Å². The van der Waals surface area contributed by atoms with Crippen molar-refractivity contribution in [1.82, 2.24) is 5.32 Å². The van der Waals surface area contributed by atoms with Crippen LogP contribution >= 0.6 is 12.2 Å². The lowest BCUT2D eigenvalue weighted by Gasteiger charge is -2.19. The molecule has 0 aliphatic carbocycles. The Balaban J connectivity index is 1.35. The number of carbonyl (C=O) groups excluding carboxylic acids is 1. The quantitative estimate of drug-likeness (QED) is 0.399. The standard InChI is InChI=1S/C25H23N3O4S2/c1-32-21-11-6-18(7-12-21)8-15-24(29)27-25(33)26-20-9-13-22(14-10-20)34(30,31)28-17-16-19-4-2-3-5-23(19)28/h2-15H,16-17H2,1H3,(H2,26,27,29,33). The summed E-state index contributed by atoms with van der Waals surface area (Å²) in [6.45, 7) is 0.418. The highest BCUT2D eigenvalue weighted by atomic mass is 32.2. The second-order valence-electron chi connectivity index (χ2n) is 7.53. The van der Waals surface area contributed by atoms with Gasteiger partial charge in [0, 0.05) is 18.3 Å². The lowest BCUT2D eigenvalue weighted by atomic mass is 10.2. The zero-order valence-corrected chi connectivity index (χ0v) is 20.0. The Morgan fingerprint density at radius 3 is 2.44 bits per heavy atom. The minimum absolute atomic E-state index is 0.105. The largest absolute Gasteiger partial charge is 0.497 e. The van der Waals surface area contributed by atoms with Crippen LogP contribution in [0.25, 0.3) is 6.08 Å². The first-order valence-electron chi connectivity index (χ1n) is 10.5. The van der Waals surface area contributed by atoms with Gasteiger partial charge < -0.3 is 10.1 Å². The monoisotopic (exact) mass is 493 g/mol. The molecule has 2 N–H and O–H groups in total. The topological polar surface area (TPSA) is 87.7 Å². The van der Waals surface area contributed by atoms with E-state index in [4.69, 9.17) is 17.0 Å². The molecule has 0 spiro atoms. The summed E-state index contributed by atoms with van der Waals surface area (Å²) in [6.07, 6.45) is 3.73. The van der Waals surface area contributed by atoms with Gasteiger partial charge in [-0.25, -0.2) is 8.42 Å². The lowest BCUT2D eigenvalue weighted by molar-refractivity contribution is -0.115. The maximum absolute atomic E-state index is 13.1. The number of nitrogens with zero attached hydrogens (tertiary/aromatic N) is 1. The molecule has 4 rings (SSSR count). The molecule has 0 aromatic heterocycles. The molecule has 3 aromatic rings. The van der Waals surface area contributed by atoms with Crippen molar-refractivity contribution >= 4 is 50.7 Å². The van der Waals surface area contributed by atoms with E-state index in [0.29, 0.717) is 18.7 Å². The summed E-state index contributed by atoms with van der Waals surface area (Å²) in [6, 6.07) is 21.0. The van der Waals surface area contributed by atoms with E-state index < -0.39 is 10.0 Å². The van der Waals surface area contributed by atoms with Crippen molar-refractivity contribution in [3.63, 3.8) is 0 Å². The summed E-state index contributed by atoms with van der Waals surface area (Å²) in [5, 5.41) is 5.56. The number of ether oxygens (including phenoxy) is 1. The van der Waals surface area contributed by atoms with Gasteiger partial charge in [-0.1, -0.05) is 30.3 Å². The molecule has 3 aromatic carbocycles. The van der Waals surface area contributed by atoms with Gasteiger partial charge in [0.25, 0.3) is 10.0 Å². The molecule has 1 heterocycles. The highest BCUT2D eigenvalue weighted by Gasteiger charge is 2.30. The number of fused-ring (bicyclic) bond motifs is 1. The maximum atomic E-state index is 13.1. The van der Waals surface area contributed by atoms with Gasteiger partial charge >= 0.3 is 0 Å². The summed E-state index contributed by atoms with van der Waals surface area (Å²) >= 11 is 5.19. The Labute approximate surface area is 204 Å². The zero-order chi connectivity index (χ0) is 24.1. The minimum atomic E-state index is -3.67. The van der Waals surface area contributed by atoms with Crippen molar-refractivity contribution in [2.75, 3.05) is 23.3 Å². The summed E-state index contributed by atoms with van der Waals surface area (Å²) in [4.78, 5) is 12.3. The third-order valence-electron chi connectivity index (χ3n) is 5.32. The van der Waals surface area contributed by atoms with Crippen LogP contribution < -0.4 is 19.7 Å². The van der Waals surface area contributed by atoms with Crippen molar-refractivity contribution in [1.29, 1.82) is 0 Å². The third-order valence-corrected chi connectivity index (χ3v) is 7.36. The first-order chi connectivity index (χ1) is 16.4. The molecular formula is C25H23N3O4S2. The molecule has 1 aliphatic heterocycles. The smallest absolute Gasteiger partial charge is 0.264 e. The van der Waals surface area contributed by atoms with Gasteiger partial charge in [0.15, 0.2) is 5.11 Å². The highest BCUT2D eigenvalue weighted by Crippen LogP contribution is 2.32. The number of hydrogen-bond donors (Lipinski definition) is 2. The SMILES string of the molecule is COc1ccc(C=CC(=O)NC(=S)Nc2ccc(S(=O)(=O)N3CCc4ccccc43)cc2)cc1. The molecule has 0 bridgehead atoms. The number of methoxy groups -OCH3 is 1. The van der Waals surface area contributed by atoms with Crippen LogP contribution in [0.2, 0.25) is 0 Å². The maximum Gasteiger partial charge on any atom is 0.264 e. The molecule has 0 saturated carbocycles. The van der Waals surface area contributed by atoms with Crippen molar-refractivity contribution in [3.8, 4) is 5.75 Å². The second-order valence-corrected chi connectivity index (χ2v) is 9.80. The van der Waals surface area contributed by atoms with Crippen LogP contribution in [0.3, 0.4) is 0 Å². The van der Waals surface area contributed by atoms with Crippen molar-refractivity contribution in [2.24, 2.45) is 0 Å². The number of nitrogens with one attached hydrogen (secondary N) is 2. The van der Waals surface area contributed by atoms with E-state index in [-0.39, 0.29) is 15.9 Å². The summed E-state index contributed by atoms with van der Waals surface area (Å²) in [5.41, 5.74) is 3.14. The van der Waals surface area contributed by atoms with E-state index in [1.807, 2.05) is 36.4 Å². The molecule has 1 aliphatic rings. The number of amides is 1. The molecule has 34 heavy (non-hydrogen) atoms. The normalized spacial score (nSPS) is 12.9. The highest BCUT2D eigenvalue weighted by molar-refractivity contribution is 7.92. The van der Waals surface area contributed by atoms with Crippen molar-refractivity contribution in [2.45, 2.75) is 11.3 Å². The van der Waals surface area contributed by atoms with Gasteiger partial charge in [-0.05, 0) is 78.3 Å². The Morgan fingerprint density at radius 2 is 1.74 bits per heavy atom. The van der Waals surface area contributed by atoms with E-state index in [9.17, 15) is 13.2 Å².